The highest BCUT2D eigenvalue weighted by Gasteiger charge is 2.44. The van der Waals surface area contributed by atoms with E-state index in [1.165, 1.54) is 30.0 Å². The predicted octanol–water partition coefficient (Wildman–Crippen LogP) is 3.50. The number of anilines is 2. The summed E-state index contributed by atoms with van der Waals surface area (Å²) in [6.07, 6.45) is 0. The lowest BCUT2D eigenvalue weighted by atomic mass is 10.2. The van der Waals surface area contributed by atoms with E-state index in [1.807, 2.05) is 31.2 Å². The topological polar surface area (TPSA) is 78.8 Å². The first kappa shape index (κ1) is 21.1. The van der Waals surface area contributed by atoms with E-state index in [0.717, 1.165) is 11.3 Å². The zero-order valence-corrected chi connectivity index (χ0v) is 18.4. The van der Waals surface area contributed by atoms with Crippen LogP contribution in [-0.4, -0.2) is 48.8 Å². The number of carbonyl (C=O) groups excluding carboxylic acids is 1. The van der Waals surface area contributed by atoms with E-state index in [9.17, 15) is 17.6 Å². The van der Waals surface area contributed by atoms with Gasteiger partial charge in [0.05, 0.1) is 22.6 Å². The molecular weight excluding hydrogens is 449 g/mol. The number of sulfone groups is 1. The molecule has 1 fully saturated rings. The van der Waals surface area contributed by atoms with Gasteiger partial charge in [0.2, 0.25) is 5.91 Å². The van der Waals surface area contributed by atoms with Crippen LogP contribution in [0.4, 0.5) is 15.8 Å². The van der Waals surface area contributed by atoms with Crippen molar-refractivity contribution in [2.75, 3.05) is 28.3 Å². The molecule has 2 heterocycles. The number of aliphatic imine (C=N–C) groups is 1. The number of hydrogen-bond donors (Lipinski definition) is 1. The standard InChI is InChI=1S/C20H19ClFN3O3S2/c1-12-3-2-4-14(7-12)25(20-24-17-10-30(27,28)11-18(17)29-20)9-19(26)23-13-5-6-16(22)15(21)8-13/h2-8,17-18H,9-11H2,1H3,(H,23,26)/t17-,18+/m0/s1. The van der Waals surface area contributed by atoms with Crippen molar-refractivity contribution in [2.45, 2.75) is 18.2 Å². The second-order valence-electron chi connectivity index (χ2n) is 7.31. The molecule has 0 spiro atoms. The third-order valence-corrected chi connectivity index (χ3v) is 8.39. The molecule has 2 aromatic rings. The molecule has 1 amide bonds. The number of thioether (sulfide) groups is 1. The molecule has 158 valence electrons. The lowest BCUT2D eigenvalue weighted by Crippen LogP contribution is -2.36. The summed E-state index contributed by atoms with van der Waals surface area (Å²) < 4.78 is 37.1. The summed E-state index contributed by atoms with van der Waals surface area (Å²) in [7, 11) is -3.07. The molecule has 10 heteroatoms. The van der Waals surface area contributed by atoms with Crippen molar-refractivity contribution in [2.24, 2.45) is 4.99 Å². The molecule has 4 rings (SSSR count). The molecule has 0 radical (unpaired) electrons. The Labute approximate surface area is 183 Å². The molecular formula is C20H19ClFN3O3S2. The molecule has 0 saturated carbocycles. The molecule has 0 aliphatic carbocycles. The highest BCUT2D eigenvalue weighted by Crippen LogP contribution is 2.37. The number of nitrogens with one attached hydrogen (secondary N) is 1. The van der Waals surface area contributed by atoms with Gasteiger partial charge in [0.15, 0.2) is 15.0 Å². The van der Waals surface area contributed by atoms with E-state index >= 15 is 0 Å². The van der Waals surface area contributed by atoms with E-state index in [2.05, 4.69) is 10.3 Å². The molecule has 0 aromatic heterocycles. The third kappa shape index (κ3) is 4.63. The van der Waals surface area contributed by atoms with Gasteiger partial charge < -0.3 is 10.2 Å². The fourth-order valence-corrected chi connectivity index (χ4v) is 7.41. The van der Waals surface area contributed by atoms with Gasteiger partial charge in [-0.25, -0.2) is 12.8 Å². The van der Waals surface area contributed by atoms with Crippen molar-refractivity contribution in [3.63, 3.8) is 0 Å². The molecule has 2 atom stereocenters. The highest BCUT2D eigenvalue weighted by molar-refractivity contribution is 8.15. The molecule has 2 aromatic carbocycles. The average molecular weight is 468 g/mol. The quantitative estimate of drug-likeness (QED) is 0.744. The average Bonchev–Trinajstić information content (AvgIpc) is 3.16. The Morgan fingerprint density at radius 3 is 2.80 bits per heavy atom. The number of halogens is 2. The predicted molar refractivity (Wildman–Crippen MR) is 120 cm³/mol. The molecule has 0 bridgehead atoms. The third-order valence-electron chi connectivity index (χ3n) is 4.85. The molecule has 2 aliphatic heterocycles. The smallest absolute Gasteiger partial charge is 0.244 e. The summed E-state index contributed by atoms with van der Waals surface area (Å²) in [5.74, 6) is -0.755. The van der Waals surface area contributed by atoms with Gasteiger partial charge >= 0.3 is 0 Å². The number of carbonyl (C=O) groups is 1. The fraction of sp³-hybridized carbons (Fsp3) is 0.300. The molecule has 2 aliphatic rings. The summed E-state index contributed by atoms with van der Waals surface area (Å²) in [4.78, 5) is 19.1. The maximum atomic E-state index is 13.4. The van der Waals surface area contributed by atoms with E-state index in [0.29, 0.717) is 10.9 Å². The number of fused-ring (bicyclic) bond motifs is 1. The van der Waals surface area contributed by atoms with Crippen LogP contribution >= 0.6 is 23.4 Å². The van der Waals surface area contributed by atoms with Crippen LogP contribution in [0.25, 0.3) is 0 Å². The van der Waals surface area contributed by atoms with E-state index in [-0.39, 0.29) is 40.3 Å². The second kappa shape index (κ2) is 8.20. The summed E-state index contributed by atoms with van der Waals surface area (Å²) >= 11 is 7.18. The van der Waals surface area contributed by atoms with Gasteiger partial charge in [0.1, 0.15) is 12.4 Å². The minimum Gasteiger partial charge on any atom is -0.324 e. The van der Waals surface area contributed by atoms with Gasteiger partial charge in [-0.3, -0.25) is 9.79 Å². The van der Waals surface area contributed by atoms with Crippen LogP contribution in [0.3, 0.4) is 0 Å². The van der Waals surface area contributed by atoms with Crippen molar-refractivity contribution in [1.29, 1.82) is 0 Å². The van der Waals surface area contributed by atoms with Crippen LogP contribution in [0.2, 0.25) is 5.02 Å². The monoisotopic (exact) mass is 467 g/mol. The second-order valence-corrected chi connectivity index (χ2v) is 11.1. The van der Waals surface area contributed by atoms with E-state index in [1.54, 1.807) is 4.90 Å². The number of amides is 1. The van der Waals surface area contributed by atoms with Crippen LogP contribution in [0, 0.1) is 12.7 Å². The van der Waals surface area contributed by atoms with Gasteiger partial charge in [-0.1, -0.05) is 35.5 Å². The van der Waals surface area contributed by atoms with E-state index in [4.69, 9.17) is 11.6 Å². The minimum atomic E-state index is -3.07. The zero-order chi connectivity index (χ0) is 21.5. The Morgan fingerprint density at radius 1 is 1.30 bits per heavy atom. The fourth-order valence-electron chi connectivity index (χ4n) is 3.45. The summed E-state index contributed by atoms with van der Waals surface area (Å²) in [6, 6.07) is 11.3. The van der Waals surface area contributed by atoms with Crippen molar-refractivity contribution in [1.82, 2.24) is 0 Å². The van der Waals surface area contributed by atoms with Crippen LogP contribution in [0.1, 0.15) is 5.56 Å². The SMILES string of the molecule is Cc1cccc(N(CC(=O)Nc2ccc(F)c(Cl)c2)C2=N[C@H]3CS(=O)(=O)C[C@H]3S2)c1. The Kier molecular flexibility index (Phi) is 5.78. The summed E-state index contributed by atoms with van der Waals surface area (Å²) in [5, 5.41) is 3.14. The first-order valence-corrected chi connectivity index (χ1v) is 12.3. The maximum absolute atomic E-state index is 13.4. The first-order chi connectivity index (χ1) is 14.2. The number of aryl methyl sites for hydroxylation is 1. The van der Waals surface area contributed by atoms with Crippen molar-refractivity contribution < 1.29 is 17.6 Å². The number of benzene rings is 2. The van der Waals surface area contributed by atoms with Crippen molar-refractivity contribution >= 4 is 55.6 Å². The number of hydrogen-bond acceptors (Lipinski definition) is 6. The van der Waals surface area contributed by atoms with Crippen LogP contribution in [0.5, 0.6) is 0 Å². The zero-order valence-electron chi connectivity index (χ0n) is 16.0. The molecule has 0 unspecified atom stereocenters. The number of nitrogens with zero attached hydrogens (tertiary/aromatic N) is 2. The summed E-state index contributed by atoms with van der Waals surface area (Å²) in [5.41, 5.74) is 2.20. The molecule has 6 nitrogen and oxygen atoms in total. The van der Waals surface area contributed by atoms with Crippen LogP contribution < -0.4 is 10.2 Å². The Balaban J connectivity index is 1.57. The minimum absolute atomic E-state index is 0.0313. The van der Waals surface area contributed by atoms with Gasteiger partial charge in [-0.05, 0) is 42.8 Å². The Bertz CT molecular complexity index is 1140. The van der Waals surface area contributed by atoms with Gasteiger partial charge in [0, 0.05) is 16.6 Å². The Morgan fingerprint density at radius 2 is 2.10 bits per heavy atom. The van der Waals surface area contributed by atoms with E-state index < -0.39 is 15.7 Å². The van der Waals surface area contributed by atoms with Gasteiger partial charge in [-0.2, -0.15) is 0 Å². The largest absolute Gasteiger partial charge is 0.324 e. The van der Waals surface area contributed by atoms with Gasteiger partial charge in [0.25, 0.3) is 0 Å². The molecule has 30 heavy (non-hydrogen) atoms. The molecule has 1 saturated heterocycles. The van der Waals surface area contributed by atoms with Crippen LogP contribution in [0.15, 0.2) is 47.5 Å². The Hall–Kier alpha value is -2.10. The lowest BCUT2D eigenvalue weighted by molar-refractivity contribution is -0.114. The highest BCUT2D eigenvalue weighted by atomic mass is 35.5. The van der Waals surface area contributed by atoms with Crippen molar-refractivity contribution in [3.8, 4) is 0 Å². The first-order valence-electron chi connectivity index (χ1n) is 9.24. The lowest BCUT2D eigenvalue weighted by Gasteiger charge is -2.24. The number of rotatable bonds is 4. The van der Waals surface area contributed by atoms with Gasteiger partial charge in [-0.15, -0.1) is 0 Å². The maximum Gasteiger partial charge on any atom is 0.244 e. The molecule has 1 N–H and O–H groups in total. The van der Waals surface area contributed by atoms with Crippen molar-refractivity contribution in [3.05, 3.63) is 58.9 Å². The normalized spacial score (nSPS) is 21.8. The number of amidine groups is 1. The van der Waals surface area contributed by atoms with Crippen LogP contribution in [-0.2, 0) is 14.6 Å². The summed E-state index contributed by atoms with van der Waals surface area (Å²) in [6.45, 7) is 1.92.